The van der Waals surface area contributed by atoms with Crippen molar-refractivity contribution in [1.82, 2.24) is 4.98 Å². The van der Waals surface area contributed by atoms with Crippen LogP contribution in [0.1, 0.15) is 22.7 Å². The van der Waals surface area contributed by atoms with Gasteiger partial charge in [0.2, 0.25) is 0 Å². The highest BCUT2D eigenvalue weighted by Gasteiger charge is 2.37. The normalized spacial score (nSPS) is 26.2. The lowest BCUT2D eigenvalue weighted by molar-refractivity contribution is 0.271. The Morgan fingerprint density at radius 1 is 1.21 bits per heavy atom. The first-order chi connectivity index (χ1) is 11.1. The summed E-state index contributed by atoms with van der Waals surface area (Å²) in [4.78, 5) is 4.10. The van der Waals surface area contributed by atoms with Gasteiger partial charge in [0, 0.05) is 11.7 Å². The van der Waals surface area contributed by atoms with Crippen molar-refractivity contribution in [3.05, 3.63) is 78.1 Å². The van der Waals surface area contributed by atoms with E-state index in [1.807, 2.05) is 42.5 Å². The molecule has 1 aliphatic carbocycles. The molecule has 1 aromatic heterocycles. The Kier molecular flexibility index (Phi) is 1.57. The lowest BCUT2D eigenvalue weighted by atomic mass is 9.83. The number of ether oxygens (including phenoxy) is 1. The number of para-hydroxylation sites is 1. The van der Waals surface area contributed by atoms with Crippen LogP contribution in [0.2, 0.25) is 0 Å². The van der Waals surface area contributed by atoms with Crippen molar-refractivity contribution in [2.24, 2.45) is 0 Å². The van der Waals surface area contributed by atoms with Gasteiger partial charge >= 0.3 is 0 Å². The van der Waals surface area contributed by atoms with Crippen molar-refractivity contribution >= 4 is 5.57 Å². The highest BCUT2D eigenvalue weighted by molar-refractivity contribution is 5.75. The van der Waals surface area contributed by atoms with Crippen LogP contribution in [0.4, 0.5) is 0 Å². The second kappa shape index (κ2) is 4.09. The van der Waals surface area contributed by atoms with Crippen molar-refractivity contribution < 1.29 is 10.2 Å². The lowest BCUT2D eigenvalue weighted by Crippen LogP contribution is -2.19. The number of allylic oxidation sites excluding steroid dienone is 2. The van der Waals surface area contributed by atoms with Crippen LogP contribution in [0.5, 0.6) is 5.75 Å². The molecule has 19 heavy (non-hydrogen) atoms. The minimum atomic E-state index is -0.315. The average Bonchev–Trinajstić information content (AvgIpc) is 2.95. The Labute approximate surface area is 117 Å². The molecule has 4 rings (SSSR count). The van der Waals surface area contributed by atoms with Crippen LogP contribution in [0.3, 0.4) is 0 Å². The van der Waals surface area contributed by atoms with E-state index in [-0.39, 0.29) is 42.0 Å². The topological polar surface area (TPSA) is 22.1 Å². The molecule has 0 N–H and O–H groups in total. The van der Waals surface area contributed by atoms with Gasteiger partial charge in [-0.1, -0.05) is 36.4 Å². The van der Waals surface area contributed by atoms with Crippen LogP contribution in [-0.4, -0.2) is 11.1 Å². The van der Waals surface area contributed by atoms with E-state index >= 15 is 0 Å². The Morgan fingerprint density at radius 2 is 2.16 bits per heavy atom. The Balaban J connectivity index is 1.90. The lowest BCUT2D eigenvalue weighted by Gasteiger charge is -2.22. The smallest absolute Gasteiger partial charge is 0.128 e. The van der Waals surface area contributed by atoms with Gasteiger partial charge in [0.05, 0.1) is 17.1 Å². The van der Waals surface area contributed by atoms with Gasteiger partial charge in [-0.05, 0) is 29.8 Å². The zero-order valence-electron chi connectivity index (χ0n) is 14.1. The van der Waals surface area contributed by atoms with E-state index in [0.717, 1.165) is 16.9 Å². The van der Waals surface area contributed by atoms with Gasteiger partial charge in [-0.2, -0.15) is 0 Å². The number of hydrogen-bond donors (Lipinski definition) is 0. The third kappa shape index (κ3) is 1.60. The van der Waals surface area contributed by atoms with Crippen molar-refractivity contribution in [3.63, 3.8) is 0 Å². The standard InChI is InChI=1S/C17H13NO/c1-2-9-15-13(6-1)17-12(7-5-10-16(17)19-15)14-8-3-4-11-18-14/h1-11,16-17H/i3D,4D,8D,11D. The first-order valence-electron chi connectivity index (χ1n) is 8.16. The van der Waals surface area contributed by atoms with Gasteiger partial charge in [0.15, 0.2) is 0 Å². The molecule has 2 aromatic rings. The summed E-state index contributed by atoms with van der Waals surface area (Å²) in [5, 5.41) is 0. The largest absolute Gasteiger partial charge is 0.485 e. The first-order valence-corrected chi connectivity index (χ1v) is 6.16. The van der Waals surface area contributed by atoms with E-state index in [1.165, 1.54) is 0 Å². The predicted molar refractivity (Wildman–Crippen MR) is 75.0 cm³/mol. The first kappa shape index (κ1) is 7.29. The fourth-order valence-corrected chi connectivity index (χ4v) is 2.70. The number of pyridine rings is 1. The highest BCUT2D eigenvalue weighted by atomic mass is 16.5. The molecule has 0 spiro atoms. The summed E-state index contributed by atoms with van der Waals surface area (Å²) in [6, 6.07) is 7.05. The molecule has 2 aliphatic rings. The van der Waals surface area contributed by atoms with E-state index in [1.54, 1.807) is 0 Å². The summed E-state index contributed by atoms with van der Waals surface area (Å²) < 4.78 is 37.4. The number of aromatic nitrogens is 1. The van der Waals surface area contributed by atoms with Gasteiger partial charge in [-0.25, -0.2) is 0 Å². The number of hydrogen-bond acceptors (Lipinski definition) is 2. The molecule has 0 radical (unpaired) electrons. The van der Waals surface area contributed by atoms with E-state index < -0.39 is 0 Å². The Morgan fingerprint density at radius 3 is 3.16 bits per heavy atom. The molecule has 1 aromatic carbocycles. The van der Waals surface area contributed by atoms with Crippen LogP contribution >= 0.6 is 0 Å². The minimum absolute atomic E-state index is 0.108. The fourth-order valence-electron chi connectivity index (χ4n) is 2.70. The van der Waals surface area contributed by atoms with Gasteiger partial charge < -0.3 is 4.74 Å². The third-order valence-electron chi connectivity index (χ3n) is 3.50. The number of benzene rings is 1. The summed E-state index contributed by atoms with van der Waals surface area (Å²) in [5.74, 6) is 0.698. The minimum Gasteiger partial charge on any atom is -0.485 e. The van der Waals surface area contributed by atoms with Gasteiger partial charge in [0.1, 0.15) is 11.9 Å². The average molecular weight is 251 g/mol. The van der Waals surface area contributed by atoms with E-state index in [0.29, 0.717) is 0 Å². The maximum Gasteiger partial charge on any atom is 0.128 e. The fraction of sp³-hybridized carbons (Fsp3) is 0.118. The molecular weight excluding hydrogens is 234 g/mol. The van der Waals surface area contributed by atoms with Gasteiger partial charge in [-0.3, -0.25) is 4.98 Å². The van der Waals surface area contributed by atoms with Crippen LogP contribution in [0.15, 0.2) is 66.8 Å². The molecule has 2 nitrogen and oxygen atoms in total. The molecule has 0 bridgehead atoms. The Bertz CT molecular complexity index is 875. The predicted octanol–water partition coefficient (Wildman–Crippen LogP) is 3.58. The molecule has 2 atom stereocenters. The van der Waals surface area contributed by atoms with E-state index in [9.17, 15) is 0 Å². The molecule has 0 saturated heterocycles. The molecule has 0 fully saturated rings. The summed E-state index contributed by atoms with van der Waals surface area (Å²) in [5.41, 5.74) is 2.06. The molecule has 92 valence electrons. The zero-order valence-corrected chi connectivity index (χ0v) is 10.1. The van der Waals surface area contributed by atoms with Crippen LogP contribution in [0.25, 0.3) is 5.57 Å². The Hall–Kier alpha value is -2.35. The number of nitrogens with zero attached hydrogens (tertiary/aromatic N) is 1. The summed E-state index contributed by atoms with van der Waals surface area (Å²) in [7, 11) is 0. The van der Waals surface area contributed by atoms with E-state index in [2.05, 4.69) is 4.98 Å². The highest BCUT2D eigenvalue weighted by Crippen LogP contribution is 2.47. The van der Waals surface area contributed by atoms with Crippen molar-refractivity contribution in [2.75, 3.05) is 0 Å². The molecule has 1 aliphatic heterocycles. The molecule has 2 unspecified atom stereocenters. The van der Waals surface area contributed by atoms with E-state index in [4.69, 9.17) is 10.2 Å². The maximum absolute atomic E-state index is 8.15. The summed E-state index contributed by atoms with van der Waals surface area (Å²) in [6.07, 6.45) is 5.22. The monoisotopic (exact) mass is 251 g/mol. The summed E-state index contributed by atoms with van der Waals surface area (Å²) in [6.45, 7) is 0. The maximum atomic E-state index is 8.15. The molecular formula is C17H13NO. The van der Waals surface area contributed by atoms with Gasteiger partial charge in [-0.15, -0.1) is 0 Å². The van der Waals surface area contributed by atoms with Crippen LogP contribution < -0.4 is 4.74 Å². The van der Waals surface area contributed by atoms with Crippen LogP contribution in [-0.2, 0) is 0 Å². The third-order valence-corrected chi connectivity index (χ3v) is 3.50. The SMILES string of the molecule is [2H]c1nc(C2=CC=CC3Oc4ccccc4C23)c([2H])c([2H])c1[2H]. The second-order valence-corrected chi connectivity index (χ2v) is 4.55. The zero-order chi connectivity index (χ0) is 16.1. The molecule has 2 heterocycles. The summed E-state index contributed by atoms with van der Waals surface area (Å²) >= 11 is 0. The quantitative estimate of drug-likeness (QED) is 0.773. The number of fused-ring (bicyclic) bond motifs is 3. The molecule has 0 saturated carbocycles. The van der Waals surface area contributed by atoms with Crippen LogP contribution in [0, 0.1) is 0 Å². The van der Waals surface area contributed by atoms with Crippen molar-refractivity contribution in [2.45, 2.75) is 12.0 Å². The van der Waals surface area contributed by atoms with Crippen molar-refractivity contribution in [3.8, 4) is 5.75 Å². The second-order valence-electron chi connectivity index (χ2n) is 4.55. The number of rotatable bonds is 1. The van der Waals surface area contributed by atoms with Gasteiger partial charge in [0.25, 0.3) is 0 Å². The molecule has 0 amide bonds. The van der Waals surface area contributed by atoms with Crippen molar-refractivity contribution in [1.29, 1.82) is 0 Å². The molecule has 2 heteroatoms.